The van der Waals surface area contributed by atoms with Crippen molar-refractivity contribution < 1.29 is 10.2 Å². The maximum absolute atomic E-state index is 9.83. The molecule has 0 amide bonds. The summed E-state index contributed by atoms with van der Waals surface area (Å²) in [7, 11) is 0. The fraction of sp³-hybridized carbons (Fsp3) is 0.800. The van der Waals surface area contributed by atoms with Crippen LogP contribution in [-0.4, -0.2) is 34.5 Å². The van der Waals surface area contributed by atoms with Crippen LogP contribution in [0.25, 0.3) is 0 Å². The molecule has 1 spiro atoms. The van der Waals surface area contributed by atoms with E-state index in [-0.39, 0.29) is 11.5 Å². The molecule has 3 heteroatoms. The zero-order chi connectivity index (χ0) is 9.64. The van der Waals surface area contributed by atoms with Gasteiger partial charge in [-0.05, 0) is 19.8 Å². The van der Waals surface area contributed by atoms with Crippen LogP contribution in [-0.2, 0) is 0 Å². The first kappa shape index (κ1) is 9.19. The van der Waals surface area contributed by atoms with E-state index < -0.39 is 12.2 Å². The van der Waals surface area contributed by atoms with E-state index in [2.05, 4.69) is 11.9 Å². The third-order valence-electron chi connectivity index (χ3n) is 3.31. The van der Waals surface area contributed by atoms with Crippen LogP contribution in [0.3, 0.4) is 0 Å². The number of hydrogen-bond donors (Lipinski definition) is 3. The van der Waals surface area contributed by atoms with E-state index in [0.29, 0.717) is 6.54 Å². The summed E-state index contributed by atoms with van der Waals surface area (Å²) in [6.45, 7) is 6.32. The summed E-state index contributed by atoms with van der Waals surface area (Å²) >= 11 is 0. The van der Waals surface area contributed by atoms with Gasteiger partial charge in [-0.15, -0.1) is 0 Å². The van der Waals surface area contributed by atoms with Gasteiger partial charge in [-0.2, -0.15) is 0 Å². The van der Waals surface area contributed by atoms with Gasteiger partial charge in [0.25, 0.3) is 0 Å². The smallest absolute Gasteiger partial charge is 0.0929 e. The minimum atomic E-state index is -0.645. The molecular formula is C10H17NO2. The lowest BCUT2D eigenvalue weighted by atomic mass is 9.80. The van der Waals surface area contributed by atoms with Crippen LogP contribution in [0.5, 0.6) is 0 Å². The highest BCUT2D eigenvalue weighted by Crippen LogP contribution is 2.48. The van der Waals surface area contributed by atoms with Crippen molar-refractivity contribution in [3.8, 4) is 0 Å². The molecule has 2 rings (SSSR count). The Labute approximate surface area is 78.5 Å². The molecular weight excluding hydrogens is 166 g/mol. The molecule has 1 aliphatic carbocycles. The summed E-state index contributed by atoms with van der Waals surface area (Å²) in [5, 5.41) is 22.6. The number of piperidine rings is 1. The van der Waals surface area contributed by atoms with Crippen LogP contribution >= 0.6 is 0 Å². The topological polar surface area (TPSA) is 52.5 Å². The molecule has 0 bridgehead atoms. The summed E-state index contributed by atoms with van der Waals surface area (Å²) in [4.78, 5) is 0. The molecule has 0 aromatic rings. The summed E-state index contributed by atoms with van der Waals surface area (Å²) in [5.41, 5.74) is 1.03. The maximum atomic E-state index is 9.83. The predicted molar refractivity (Wildman–Crippen MR) is 50.3 cm³/mol. The molecule has 1 aliphatic heterocycles. The zero-order valence-electron chi connectivity index (χ0n) is 7.95. The van der Waals surface area contributed by atoms with Crippen molar-refractivity contribution >= 4 is 0 Å². The molecule has 1 saturated heterocycles. The molecule has 3 N–H and O–H groups in total. The van der Waals surface area contributed by atoms with Gasteiger partial charge in [-0.1, -0.05) is 12.2 Å². The number of β-amino-alcohol motifs (C(OH)–C–C–N with tert-alkyl or cyclic N) is 1. The van der Waals surface area contributed by atoms with Gasteiger partial charge in [-0.25, -0.2) is 0 Å². The van der Waals surface area contributed by atoms with Gasteiger partial charge >= 0.3 is 0 Å². The maximum Gasteiger partial charge on any atom is 0.0929 e. The first-order valence-electron chi connectivity index (χ1n) is 4.83. The molecule has 1 saturated carbocycles. The molecule has 1 heterocycles. The van der Waals surface area contributed by atoms with Crippen molar-refractivity contribution in [3.05, 3.63) is 12.2 Å². The van der Waals surface area contributed by atoms with E-state index in [1.165, 1.54) is 0 Å². The first-order chi connectivity index (χ1) is 6.07. The Morgan fingerprint density at radius 2 is 2.08 bits per heavy atom. The second kappa shape index (κ2) is 2.80. The average molecular weight is 183 g/mol. The van der Waals surface area contributed by atoms with Crippen LogP contribution in [0.2, 0.25) is 0 Å². The van der Waals surface area contributed by atoms with E-state index in [4.69, 9.17) is 0 Å². The molecule has 0 unspecified atom stereocenters. The van der Waals surface area contributed by atoms with E-state index in [1.54, 1.807) is 0 Å². The average Bonchev–Trinajstić information content (AvgIpc) is 2.79. The summed E-state index contributed by atoms with van der Waals surface area (Å²) in [6.07, 6.45) is 0.900. The SMILES string of the molecule is C=C(C)[C@@H]1[C@@H](O)[C@H](O)CNC12CC2. The summed E-state index contributed by atoms with van der Waals surface area (Å²) in [6, 6.07) is 0. The lowest BCUT2D eigenvalue weighted by Crippen LogP contribution is -2.58. The van der Waals surface area contributed by atoms with E-state index in [9.17, 15) is 10.2 Å². The quantitative estimate of drug-likeness (QED) is 0.503. The number of aliphatic hydroxyl groups is 2. The minimum absolute atomic E-state index is 0.0243. The van der Waals surface area contributed by atoms with Gasteiger partial charge in [-0.3, -0.25) is 0 Å². The number of rotatable bonds is 1. The van der Waals surface area contributed by atoms with Crippen molar-refractivity contribution in [2.45, 2.75) is 37.5 Å². The summed E-state index contributed by atoms with van der Waals surface area (Å²) < 4.78 is 0. The van der Waals surface area contributed by atoms with Crippen molar-refractivity contribution in [1.82, 2.24) is 5.32 Å². The van der Waals surface area contributed by atoms with E-state index in [0.717, 1.165) is 18.4 Å². The summed E-state index contributed by atoms with van der Waals surface area (Å²) in [5.74, 6) is 0.0243. The van der Waals surface area contributed by atoms with Crippen molar-refractivity contribution in [2.24, 2.45) is 5.92 Å². The predicted octanol–water partition coefficient (Wildman–Crippen LogP) is 0.0363. The van der Waals surface area contributed by atoms with E-state index in [1.807, 2.05) is 6.92 Å². The van der Waals surface area contributed by atoms with Crippen LogP contribution in [0.15, 0.2) is 12.2 Å². The molecule has 74 valence electrons. The fourth-order valence-corrected chi connectivity index (χ4v) is 2.47. The molecule has 0 radical (unpaired) electrons. The Balaban J connectivity index is 2.20. The Morgan fingerprint density at radius 1 is 1.46 bits per heavy atom. The Morgan fingerprint density at radius 3 is 2.54 bits per heavy atom. The number of aliphatic hydroxyl groups excluding tert-OH is 2. The van der Waals surface area contributed by atoms with Gasteiger partial charge in [0.2, 0.25) is 0 Å². The largest absolute Gasteiger partial charge is 0.390 e. The number of nitrogens with one attached hydrogen (secondary N) is 1. The van der Waals surface area contributed by atoms with Crippen molar-refractivity contribution in [2.75, 3.05) is 6.54 Å². The van der Waals surface area contributed by atoms with Crippen LogP contribution in [0.4, 0.5) is 0 Å². The molecule has 0 aromatic carbocycles. The Hall–Kier alpha value is -0.380. The number of hydrogen-bond acceptors (Lipinski definition) is 3. The lowest BCUT2D eigenvalue weighted by Gasteiger charge is -2.40. The van der Waals surface area contributed by atoms with Crippen LogP contribution in [0, 0.1) is 5.92 Å². The first-order valence-corrected chi connectivity index (χ1v) is 4.83. The third kappa shape index (κ3) is 1.31. The van der Waals surface area contributed by atoms with Crippen molar-refractivity contribution in [1.29, 1.82) is 0 Å². The lowest BCUT2D eigenvalue weighted by molar-refractivity contribution is -0.0453. The molecule has 0 aromatic heterocycles. The molecule has 3 atom stereocenters. The molecule has 2 fully saturated rings. The third-order valence-corrected chi connectivity index (χ3v) is 3.31. The van der Waals surface area contributed by atoms with Gasteiger partial charge in [0, 0.05) is 18.0 Å². The van der Waals surface area contributed by atoms with Crippen LogP contribution in [0.1, 0.15) is 19.8 Å². The normalized spacial score (nSPS) is 41.9. The second-order valence-electron chi connectivity index (χ2n) is 4.42. The van der Waals surface area contributed by atoms with Crippen LogP contribution < -0.4 is 5.32 Å². The zero-order valence-corrected chi connectivity index (χ0v) is 7.95. The molecule has 13 heavy (non-hydrogen) atoms. The van der Waals surface area contributed by atoms with Gasteiger partial charge in [0.15, 0.2) is 0 Å². The highest BCUT2D eigenvalue weighted by atomic mass is 16.3. The molecule has 3 nitrogen and oxygen atoms in total. The Bertz CT molecular complexity index is 235. The standard InChI is InChI=1S/C10H17NO2/c1-6(2)8-9(13)7(12)5-11-10(8)3-4-10/h7-9,11-13H,1,3-5H2,2H3/t7-,8-,9+/m1/s1. The minimum Gasteiger partial charge on any atom is -0.390 e. The van der Waals surface area contributed by atoms with Gasteiger partial charge < -0.3 is 15.5 Å². The van der Waals surface area contributed by atoms with Gasteiger partial charge in [0.05, 0.1) is 12.2 Å². The fourth-order valence-electron chi connectivity index (χ4n) is 2.47. The highest BCUT2D eigenvalue weighted by Gasteiger charge is 2.55. The monoisotopic (exact) mass is 183 g/mol. The molecule has 2 aliphatic rings. The Kier molecular flexibility index (Phi) is 1.98. The van der Waals surface area contributed by atoms with Gasteiger partial charge in [0.1, 0.15) is 0 Å². The highest BCUT2D eigenvalue weighted by molar-refractivity contribution is 5.22. The van der Waals surface area contributed by atoms with Crippen molar-refractivity contribution in [3.63, 3.8) is 0 Å². The van der Waals surface area contributed by atoms with E-state index >= 15 is 0 Å². The second-order valence-corrected chi connectivity index (χ2v) is 4.42.